The van der Waals surface area contributed by atoms with Gasteiger partial charge >= 0.3 is 139 Å². The zero-order valence-electron chi connectivity index (χ0n) is 11.8. The van der Waals surface area contributed by atoms with Crippen LogP contribution in [0.2, 0.25) is 5.32 Å². The van der Waals surface area contributed by atoms with Crippen molar-refractivity contribution < 1.29 is 4.74 Å². The van der Waals surface area contributed by atoms with Crippen LogP contribution in [-0.4, -0.2) is 43.1 Å². The van der Waals surface area contributed by atoms with E-state index < -0.39 is 0 Å². The number of benzene rings is 2. The van der Waals surface area contributed by atoms with Crippen LogP contribution in [0.4, 0.5) is 0 Å². The first-order valence-electron chi connectivity index (χ1n) is 7.08. The summed E-state index contributed by atoms with van der Waals surface area (Å²) in [5.41, 5.74) is 1.52. The molecule has 0 aliphatic carbocycles. The molecular formula is C18H18OSe2. The van der Waals surface area contributed by atoms with Crippen molar-refractivity contribution in [3.05, 3.63) is 71.2 Å². The second-order valence-corrected chi connectivity index (χ2v) is 9.23. The molecule has 1 atom stereocenters. The van der Waals surface area contributed by atoms with Gasteiger partial charge < -0.3 is 0 Å². The van der Waals surface area contributed by atoms with E-state index in [0.29, 0.717) is 35.8 Å². The molecule has 1 fully saturated rings. The molecule has 21 heavy (non-hydrogen) atoms. The molecule has 1 saturated heterocycles. The summed E-state index contributed by atoms with van der Waals surface area (Å²) in [6.45, 7) is 1.75. The third-order valence-corrected chi connectivity index (χ3v) is 7.88. The van der Waals surface area contributed by atoms with Crippen LogP contribution in [0.1, 0.15) is 0 Å². The molecule has 108 valence electrons. The first kappa shape index (κ1) is 15.1. The van der Waals surface area contributed by atoms with Crippen molar-refractivity contribution in [3.8, 4) is 0 Å². The zero-order chi connectivity index (χ0) is 14.3. The molecule has 0 radical (unpaired) electrons. The topological polar surface area (TPSA) is 9.23 Å². The Morgan fingerprint density at radius 3 is 2.33 bits per heavy atom. The van der Waals surface area contributed by atoms with Gasteiger partial charge in [0.1, 0.15) is 0 Å². The predicted molar refractivity (Wildman–Crippen MR) is 90.9 cm³/mol. The van der Waals surface area contributed by atoms with E-state index in [1.165, 1.54) is 19.8 Å². The quantitative estimate of drug-likeness (QED) is 0.688. The molecule has 0 spiro atoms. The van der Waals surface area contributed by atoms with E-state index >= 15 is 0 Å². The fourth-order valence-corrected chi connectivity index (χ4v) is 6.21. The van der Waals surface area contributed by atoms with E-state index in [0.717, 1.165) is 13.2 Å². The summed E-state index contributed by atoms with van der Waals surface area (Å²) in [4.78, 5) is 2.45. The SMILES string of the molecule is C(/[Se]c1ccccc1)=C1\COCC1C[Se]c1ccccc1. The summed E-state index contributed by atoms with van der Waals surface area (Å²) in [6.07, 6.45) is 0. The molecule has 0 N–H and O–H groups in total. The second kappa shape index (κ2) is 7.98. The first-order chi connectivity index (χ1) is 10.4. The van der Waals surface area contributed by atoms with Crippen LogP contribution >= 0.6 is 0 Å². The average molecular weight is 408 g/mol. The Hall–Kier alpha value is -0.821. The maximum absolute atomic E-state index is 5.70. The Kier molecular flexibility index (Phi) is 5.74. The van der Waals surface area contributed by atoms with Crippen molar-refractivity contribution >= 4 is 38.8 Å². The van der Waals surface area contributed by atoms with Crippen molar-refractivity contribution in [2.24, 2.45) is 5.92 Å². The van der Waals surface area contributed by atoms with Crippen molar-refractivity contribution in [1.29, 1.82) is 0 Å². The maximum atomic E-state index is 5.70. The molecule has 2 aromatic carbocycles. The van der Waals surface area contributed by atoms with Crippen molar-refractivity contribution in [3.63, 3.8) is 0 Å². The number of hydrogen-bond donors (Lipinski definition) is 0. The molecule has 0 aromatic heterocycles. The average Bonchev–Trinajstić information content (AvgIpc) is 3.00. The van der Waals surface area contributed by atoms with Crippen molar-refractivity contribution in [2.75, 3.05) is 13.2 Å². The summed E-state index contributed by atoms with van der Waals surface area (Å²) in [5, 5.41) is 1.26. The molecule has 1 nitrogen and oxygen atoms in total. The van der Waals surface area contributed by atoms with E-state index in [9.17, 15) is 0 Å². The number of ether oxygens (including phenoxy) is 1. The molecule has 3 rings (SSSR count). The Bertz CT molecular complexity index is 581. The summed E-state index contributed by atoms with van der Waals surface area (Å²) in [7, 11) is 0. The van der Waals surface area contributed by atoms with Gasteiger partial charge in [0.05, 0.1) is 0 Å². The summed E-state index contributed by atoms with van der Waals surface area (Å²) < 4.78 is 8.63. The van der Waals surface area contributed by atoms with Gasteiger partial charge in [0.25, 0.3) is 0 Å². The monoisotopic (exact) mass is 410 g/mol. The summed E-state index contributed by atoms with van der Waals surface area (Å²) >= 11 is 0.987. The van der Waals surface area contributed by atoms with Gasteiger partial charge in [-0.2, -0.15) is 0 Å². The Balaban J connectivity index is 1.57. The molecule has 0 bridgehead atoms. The van der Waals surface area contributed by atoms with Crippen LogP contribution in [0.5, 0.6) is 0 Å². The number of hydrogen-bond acceptors (Lipinski definition) is 1. The van der Waals surface area contributed by atoms with E-state index in [2.05, 4.69) is 65.6 Å². The fraction of sp³-hybridized carbons (Fsp3) is 0.222. The van der Waals surface area contributed by atoms with Crippen LogP contribution < -0.4 is 8.92 Å². The minimum atomic E-state index is 0.433. The van der Waals surface area contributed by atoms with Gasteiger partial charge in [0.2, 0.25) is 0 Å². The van der Waals surface area contributed by atoms with E-state index in [1.54, 1.807) is 0 Å². The molecule has 1 aliphatic heterocycles. The third kappa shape index (κ3) is 4.57. The Labute approximate surface area is 139 Å². The second-order valence-electron chi connectivity index (χ2n) is 4.96. The molecule has 3 heteroatoms. The third-order valence-electron chi connectivity index (χ3n) is 3.40. The van der Waals surface area contributed by atoms with Crippen LogP contribution in [0, 0.1) is 5.92 Å². The predicted octanol–water partition coefficient (Wildman–Crippen LogP) is 1.99. The van der Waals surface area contributed by atoms with E-state index in [1.807, 2.05) is 0 Å². The normalized spacial score (nSPS) is 20.0. The van der Waals surface area contributed by atoms with Gasteiger partial charge in [0, 0.05) is 0 Å². The zero-order valence-corrected chi connectivity index (χ0v) is 15.2. The molecule has 0 amide bonds. The molecular weight excluding hydrogens is 390 g/mol. The van der Waals surface area contributed by atoms with Crippen LogP contribution in [0.25, 0.3) is 0 Å². The Morgan fingerprint density at radius 1 is 0.952 bits per heavy atom. The van der Waals surface area contributed by atoms with E-state index in [4.69, 9.17) is 4.74 Å². The molecule has 2 aromatic rings. The van der Waals surface area contributed by atoms with Gasteiger partial charge in [-0.1, -0.05) is 0 Å². The molecule has 0 saturated carbocycles. The minimum absolute atomic E-state index is 0.433. The van der Waals surface area contributed by atoms with Gasteiger partial charge in [0.15, 0.2) is 0 Å². The van der Waals surface area contributed by atoms with Gasteiger partial charge in [-0.25, -0.2) is 0 Å². The van der Waals surface area contributed by atoms with E-state index in [-0.39, 0.29) is 0 Å². The molecule has 1 aliphatic rings. The van der Waals surface area contributed by atoms with Gasteiger partial charge in [-0.15, -0.1) is 0 Å². The Morgan fingerprint density at radius 2 is 1.62 bits per heavy atom. The van der Waals surface area contributed by atoms with Gasteiger partial charge in [-0.05, 0) is 0 Å². The van der Waals surface area contributed by atoms with Crippen LogP contribution in [-0.2, 0) is 4.74 Å². The summed E-state index contributed by atoms with van der Waals surface area (Å²) in [6, 6.07) is 21.6. The first-order valence-corrected chi connectivity index (χ1v) is 11.0. The fourth-order valence-electron chi connectivity index (χ4n) is 2.19. The van der Waals surface area contributed by atoms with Crippen LogP contribution in [0.3, 0.4) is 0 Å². The number of rotatable bonds is 5. The van der Waals surface area contributed by atoms with Crippen molar-refractivity contribution in [2.45, 2.75) is 5.32 Å². The molecule has 1 heterocycles. The molecule has 1 unspecified atom stereocenters. The van der Waals surface area contributed by atoms with Crippen LogP contribution in [0.15, 0.2) is 71.2 Å². The summed E-state index contributed by atoms with van der Waals surface area (Å²) in [5.74, 6) is 0.635. The van der Waals surface area contributed by atoms with Gasteiger partial charge in [-0.3, -0.25) is 0 Å². The standard InChI is InChI=1S/C18H18OSe2/c1-3-7-17(8-4-1)20-13-15-11-19-12-16(15)14-21-18-9-5-2-6-10-18/h1-10,13,16H,11-12,14H2/b15-13-. The van der Waals surface area contributed by atoms with Crippen molar-refractivity contribution in [1.82, 2.24) is 0 Å².